The number of pyridine rings is 1. The highest BCUT2D eigenvalue weighted by Gasteiger charge is 2.29. The van der Waals surface area contributed by atoms with Gasteiger partial charge in [0.05, 0.1) is 12.1 Å². The van der Waals surface area contributed by atoms with Crippen molar-refractivity contribution in [3.63, 3.8) is 0 Å². The highest BCUT2D eigenvalue weighted by atomic mass is 19.1. The number of hydrogen-bond donors (Lipinski definition) is 1. The lowest BCUT2D eigenvalue weighted by Gasteiger charge is -2.40. The van der Waals surface area contributed by atoms with Crippen LogP contribution in [0, 0.1) is 25.1 Å². The van der Waals surface area contributed by atoms with Gasteiger partial charge in [0, 0.05) is 41.7 Å². The monoisotopic (exact) mass is 370 g/mol. The maximum atomic E-state index is 14.9. The topological polar surface area (TPSA) is 53.4 Å². The van der Waals surface area contributed by atoms with Crippen LogP contribution in [0.3, 0.4) is 0 Å². The second-order valence-corrected chi connectivity index (χ2v) is 8.24. The summed E-state index contributed by atoms with van der Waals surface area (Å²) in [6, 6.07) is 5.31. The molecule has 4 nitrogen and oxygen atoms in total. The van der Waals surface area contributed by atoms with Gasteiger partial charge in [-0.1, -0.05) is 32.0 Å². The fourth-order valence-corrected chi connectivity index (χ4v) is 3.75. The van der Waals surface area contributed by atoms with E-state index in [1.165, 1.54) is 0 Å². The summed E-state index contributed by atoms with van der Waals surface area (Å²) < 4.78 is 14.9. The molecule has 0 unspecified atom stereocenters. The molecule has 1 fully saturated rings. The first-order valence-electron chi connectivity index (χ1n) is 9.40. The summed E-state index contributed by atoms with van der Waals surface area (Å²) in [4.78, 5) is 18.1. The van der Waals surface area contributed by atoms with Gasteiger partial charge in [0.15, 0.2) is 0 Å². The molecule has 0 spiro atoms. The summed E-state index contributed by atoms with van der Waals surface area (Å²) in [7, 11) is 0. The van der Waals surface area contributed by atoms with Crippen molar-refractivity contribution in [2.75, 3.05) is 18.0 Å². The summed E-state index contributed by atoms with van der Waals surface area (Å²) in [6.07, 6.45) is 3.59. The summed E-state index contributed by atoms with van der Waals surface area (Å²) in [5.41, 5.74) is 4.19. The second-order valence-electron chi connectivity index (χ2n) is 8.24. The molecule has 3 rings (SSSR count). The van der Waals surface area contributed by atoms with Gasteiger partial charge < -0.3 is 10.0 Å². The quantitative estimate of drug-likeness (QED) is 0.843. The molecule has 1 aromatic heterocycles. The first-order chi connectivity index (χ1) is 12.7. The third-order valence-electron chi connectivity index (χ3n) is 5.61. The normalized spacial score (nSPS) is 16.4. The van der Waals surface area contributed by atoms with Crippen molar-refractivity contribution in [1.82, 2.24) is 4.98 Å². The molecule has 0 atom stereocenters. The van der Waals surface area contributed by atoms with Crippen molar-refractivity contribution in [3.05, 3.63) is 47.0 Å². The molecule has 1 aromatic carbocycles. The van der Waals surface area contributed by atoms with Gasteiger partial charge in [0.2, 0.25) is 0 Å². The van der Waals surface area contributed by atoms with Crippen LogP contribution >= 0.6 is 0 Å². The average molecular weight is 370 g/mol. The Balaban J connectivity index is 2.19. The molecule has 27 heavy (non-hydrogen) atoms. The van der Waals surface area contributed by atoms with Gasteiger partial charge in [-0.3, -0.25) is 9.78 Å². The van der Waals surface area contributed by atoms with Crippen molar-refractivity contribution in [1.29, 1.82) is 0 Å². The van der Waals surface area contributed by atoms with Crippen molar-refractivity contribution in [2.24, 2.45) is 5.41 Å². The Morgan fingerprint density at radius 1 is 1.22 bits per heavy atom. The predicted octanol–water partition coefficient (Wildman–Crippen LogP) is 4.76. The smallest absolute Gasteiger partial charge is 0.307 e. The maximum Gasteiger partial charge on any atom is 0.307 e. The molecular weight excluding hydrogens is 343 g/mol. The number of piperidine rings is 1. The SMILES string of the molecule is Cc1cccc(-c2cnc(C)c(CC(=O)O)c2N2CCC(C)(C)CC2)c1F. The summed E-state index contributed by atoms with van der Waals surface area (Å²) in [5.74, 6) is -1.18. The lowest BCUT2D eigenvalue weighted by Crippen LogP contribution is -2.38. The Kier molecular flexibility index (Phi) is 5.22. The number of rotatable bonds is 4. The number of aromatic nitrogens is 1. The van der Waals surface area contributed by atoms with Gasteiger partial charge in [-0.05, 0) is 37.7 Å². The summed E-state index contributed by atoms with van der Waals surface area (Å²) in [6.45, 7) is 9.71. The van der Waals surface area contributed by atoms with E-state index in [4.69, 9.17) is 0 Å². The van der Waals surface area contributed by atoms with E-state index in [0.29, 0.717) is 27.9 Å². The first-order valence-corrected chi connectivity index (χ1v) is 9.40. The van der Waals surface area contributed by atoms with Crippen LogP contribution in [0.25, 0.3) is 11.1 Å². The van der Waals surface area contributed by atoms with Gasteiger partial charge >= 0.3 is 5.97 Å². The Morgan fingerprint density at radius 3 is 2.52 bits per heavy atom. The van der Waals surface area contributed by atoms with Crippen molar-refractivity contribution < 1.29 is 14.3 Å². The van der Waals surface area contributed by atoms with Gasteiger partial charge in [0.25, 0.3) is 0 Å². The molecule has 1 N–H and O–H groups in total. The summed E-state index contributed by atoms with van der Waals surface area (Å²) >= 11 is 0. The molecule has 0 radical (unpaired) electrons. The maximum absolute atomic E-state index is 14.9. The van der Waals surface area contributed by atoms with Crippen LogP contribution in [-0.2, 0) is 11.2 Å². The second kappa shape index (κ2) is 7.29. The lowest BCUT2D eigenvalue weighted by molar-refractivity contribution is -0.136. The minimum absolute atomic E-state index is 0.116. The Labute approximate surface area is 160 Å². The van der Waals surface area contributed by atoms with Crippen molar-refractivity contribution >= 4 is 11.7 Å². The zero-order chi connectivity index (χ0) is 19.8. The number of carboxylic acids is 1. The molecule has 0 amide bonds. The number of nitrogens with zero attached hydrogens (tertiary/aromatic N) is 2. The third kappa shape index (κ3) is 3.97. The Morgan fingerprint density at radius 2 is 1.89 bits per heavy atom. The van der Waals surface area contributed by atoms with Crippen LogP contribution in [0.4, 0.5) is 10.1 Å². The van der Waals surface area contributed by atoms with E-state index < -0.39 is 5.97 Å². The van der Waals surface area contributed by atoms with Crippen LogP contribution in [0.2, 0.25) is 0 Å². The number of aliphatic carboxylic acids is 1. The van der Waals surface area contributed by atoms with Crippen LogP contribution in [0.5, 0.6) is 0 Å². The largest absolute Gasteiger partial charge is 0.481 e. The van der Waals surface area contributed by atoms with Gasteiger partial charge in [-0.15, -0.1) is 0 Å². The Hall–Kier alpha value is -2.43. The fourth-order valence-electron chi connectivity index (χ4n) is 3.75. The van der Waals surface area contributed by atoms with Gasteiger partial charge in [-0.25, -0.2) is 4.39 Å². The molecular formula is C22H27FN2O2. The number of carboxylic acid groups (broad SMARTS) is 1. The van der Waals surface area contributed by atoms with Crippen LogP contribution in [0.1, 0.15) is 43.5 Å². The average Bonchev–Trinajstić information content (AvgIpc) is 2.59. The van der Waals surface area contributed by atoms with E-state index in [2.05, 4.69) is 23.7 Å². The lowest BCUT2D eigenvalue weighted by atomic mass is 9.82. The van der Waals surface area contributed by atoms with E-state index in [9.17, 15) is 14.3 Å². The molecule has 5 heteroatoms. The van der Waals surface area contributed by atoms with Crippen LogP contribution in [0.15, 0.2) is 24.4 Å². The highest BCUT2D eigenvalue weighted by Crippen LogP contribution is 2.40. The molecule has 0 bridgehead atoms. The van der Waals surface area contributed by atoms with Crippen molar-refractivity contribution in [2.45, 2.75) is 47.0 Å². The molecule has 1 aliphatic heterocycles. The minimum Gasteiger partial charge on any atom is -0.481 e. The van der Waals surface area contributed by atoms with E-state index >= 15 is 0 Å². The minimum atomic E-state index is -0.902. The zero-order valence-electron chi connectivity index (χ0n) is 16.5. The van der Waals surface area contributed by atoms with Gasteiger partial charge in [0.1, 0.15) is 5.82 Å². The predicted molar refractivity (Wildman–Crippen MR) is 106 cm³/mol. The number of aryl methyl sites for hydroxylation is 2. The summed E-state index contributed by atoms with van der Waals surface area (Å²) in [5, 5.41) is 9.44. The molecule has 1 aliphatic rings. The zero-order valence-corrected chi connectivity index (χ0v) is 16.5. The molecule has 1 saturated heterocycles. The molecule has 2 heterocycles. The van der Waals surface area contributed by atoms with E-state index in [-0.39, 0.29) is 17.7 Å². The first kappa shape index (κ1) is 19.3. The number of halogens is 1. The third-order valence-corrected chi connectivity index (χ3v) is 5.61. The van der Waals surface area contributed by atoms with E-state index in [1.54, 1.807) is 25.3 Å². The number of carbonyl (C=O) groups is 1. The molecule has 144 valence electrons. The molecule has 0 aliphatic carbocycles. The van der Waals surface area contributed by atoms with Crippen molar-refractivity contribution in [3.8, 4) is 11.1 Å². The van der Waals surface area contributed by atoms with E-state index in [1.807, 2.05) is 13.0 Å². The van der Waals surface area contributed by atoms with Crippen LogP contribution in [-0.4, -0.2) is 29.1 Å². The number of anilines is 1. The highest BCUT2D eigenvalue weighted by molar-refractivity contribution is 5.85. The van der Waals surface area contributed by atoms with Crippen LogP contribution < -0.4 is 4.90 Å². The fraction of sp³-hybridized carbons (Fsp3) is 0.455. The number of hydrogen-bond acceptors (Lipinski definition) is 3. The van der Waals surface area contributed by atoms with E-state index in [0.717, 1.165) is 31.6 Å². The molecule has 2 aromatic rings. The number of benzene rings is 1. The van der Waals surface area contributed by atoms with Gasteiger partial charge in [-0.2, -0.15) is 0 Å². The Bertz CT molecular complexity index is 867. The molecule has 0 saturated carbocycles. The standard InChI is InChI=1S/C22H27FN2O2/c1-14-6-5-7-16(20(14)23)18-13-24-15(2)17(12-19(26)27)21(18)25-10-8-22(3,4)9-11-25/h5-7,13H,8-12H2,1-4H3,(H,26,27).